The van der Waals surface area contributed by atoms with Crippen LogP contribution < -0.4 is 9.64 Å². The van der Waals surface area contributed by atoms with Gasteiger partial charge in [0.25, 0.3) is 0 Å². The minimum Gasteiger partial charge on any atom is -0.480 e. The maximum absolute atomic E-state index is 5.43. The van der Waals surface area contributed by atoms with E-state index in [4.69, 9.17) is 9.47 Å². The number of anilines is 1. The van der Waals surface area contributed by atoms with Gasteiger partial charge in [0.1, 0.15) is 0 Å². The zero-order chi connectivity index (χ0) is 14.7. The molecule has 2 aliphatic rings. The first kappa shape index (κ1) is 15.0. The number of hydrogen-bond donors (Lipinski definition) is 0. The summed E-state index contributed by atoms with van der Waals surface area (Å²) in [5.41, 5.74) is 0. The van der Waals surface area contributed by atoms with Crippen molar-refractivity contribution in [3.63, 3.8) is 0 Å². The summed E-state index contributed by atoms with van der Waals surface area (Å²) in [5.74, 6) is 1.35. The molecular weight excluding hydrogens is 336 g/mol. The second kappa shape index (κ2) is 6.89. The first-order valence-corrected chi connectivity index (χ1v) is 8.20. The van der Waals surface area contributed by atoms with E-state index in [0.717, 1.165) is 62.7 Å². The molecule has 0 unspecified atom stereocenters. The quantitative estimate of drug-likeness (QED) is 0.818. The average molecular weight is 357 g/mol. The fourth-order valence-corrected chi connectivity index (χ4v) is 3.36. The first-order chi connectivity index (χ1) is 10.3. The number of methoxy groups -OCH3 is 1. The summed E-state index contributed by atoms with van der Waals surface area (Å²) in [6, 6.07) is 0.669. The predicted octanol–water partition coefficient (Wildman–Crippen LogP) is 1.55. The lowest BCUT2D eigenvalue weighted by Crippen LogP contribution is -2.49. The van der Waals surface area contributed by atoms with E-state index in [0.29, 0.717) is 11.9 Å². The van der Waals surface area contributed by atoms with E-state index in [1.807, 2.05) is 0 Å². The van der Waals surface area contributed by atoms with E-state index in [-0.39, 0.29) is 0 Å². The van der Waals surface area contributed by atoms with Crippen LogP contribution >= 0.6 is 15.9 Å². The number of halogens is 1. The highest BCUT2D eigenvalue weighted by atomic mass is 79.9. The Morgan fingerprint density at radius 2 is 1.95 bits per heavy atom. The molecule has 0 aromatic carbocycles. The Kier molecular flexibility index (Phi) is 4.92. The van der Waals surface area contributed by atoms with Gasteiger partial charge in [0, 0.05) is 32.2 Å². The van der Waals surface area contributed by atoms with E-state index >= 15 is 0 Å². The summed E-state index contributed by atoms with van der Waals surface area (Å²) in [7, 11) is 1.63. The highest BCUT2D eigenvalue weighted by molar-refractivity contribution is 9.10. The monoisotopic (exact) mass is 356 g/mol. The second-order valence-corrected chi connectivity index (χ2v) is 6.25. The van der Waals surface area contributed by atoms with Crippen LogP contribution in [0.25, 0.3) is 0 Å². The third kappa shape index (κ3) is 3.46. The van der Waals surface area contributed by atoms with Gasteiger partial charge in [-0.3, -0.25) is 4.90 Å². The molecule has 2 aliphatic heterocycles. The number of piperidine rings is 1. The molecule has 116 valence electrons. The van der Waals surface area contributed by atoms with Crippen molar-refractivity contribution in [2.45, 2.75) is 18.9 Å². The Morgan fingerprint density at radius 3 is 2.62 bits per heavy atom. The lowest BCUT2D eigenvalue weighted by Gasteiger charge is -2.40. The zero-order valence-corrected chi connectivity index (χ0v) is 13.9. The van der Waals surface area contributed by atoms with Crippen molar-refractivity contribution in [3.05, 3.63) is 10.7 Å². The number of rotatable bonds is 3. The van der Waals surface area contributed by atoms with Crippen LogP contribution in [0.3, 0.4) is 0 Å². The van der Waals surface area contributed by atoms with Crippen LogP contribution in [0.5, 0.6) is 5.88 Å². The number of hydrogen-bond acceptors (Lipinski definition) is 6. The van der Waals surface area contributed by atoms with Crippen LogP contribution in [-0.4, -0.2) is 67.4 Å². The van der Waals surface area contributed by atoms with Crippen molar-refractivity contribution in [2.75, 3.05) is 51.4 Å². The molecule has 7 heteroatoms. The molecule has 6 nitrogen and oxygen atoms in total. The van der Waals surface area contributed by atoms with Crippen LogP contribution in [-0.2, 0) is 4.74 Å². The maximum Gasteiger partial charge on any atom is 0.232 e. The predicted molar refractivity (Wildman–Crippen MR) is 83.9 cm³/mol. The summed E-state index contributed by atoms with van der Waals surface area (Å²) in [6.45, 7) is 5.85. The molecule has 0 radical (unpaired) electrons. The van der Waals surface area contributed by atoms with E-state index < -0.39 is 0 Å². The number of aromatic nitrogens is 2. The van der Waals surface area contributed by atoms with Crippen molar-refractivity contribution in [3.8, 4) is 5.88 Å². The summed E-state index contributed by atoms with van der Waals surface area (Å²) in [5, 5.41) is 0. The van der Waals surface area contributed by atoms with Crippen molar-refractivity contribution < 1.29 is 9.47 Å². The topological polar surface area (TPSA) is 50.7 Å². The van der Waals surface area contributed by atoms with Crippen LogP contribution in [0.15, 0.2) is 10.7 Å². The third-order valence-electron chi connectivity index (χ3n) is 4.20. The molecule has 2 saturated heterocycles. The Labute approximate surface area is 133 Å². The molecule has 0 saturated carbocycles. The van der Waals surface area contributed by atoms with E-state index in [2.05, 4.69) is 35.7 Å². The molecule has 0 N–H and O–H groups in total. The third-order valence-corrected chi connectivity index (χ3v) is 4.75. The minimum absolute atomic E-state index is 0.593. The number of nitrogens with zero attached hydrogens (tertiary/aromatic N) is 4. The van der Waals surface area contributed by atoms with Gasteiger partial charge in [0.2, 0.25) is 11.8 Å². The molecule has 2 fully saturated rings. The second-order valence-electron chi connectivity index (χ2n) is 5.39. The largest absolute Gasteiger partial charge is 0.480 e. The van der Waals surface area contributed by atoms with Gasteiger partial charge in [0.15, 0.2) is 0 Å². The standard InChI is InChI=1S/C14H21BrN4O2/c1-20-13-12(15)10-16-14(17-13)19-4-2-11(3-5-19)18-6-8-21-9-7-18/h10-11H,2-9H2,1H3. The fraction of sp³-hybridized carbons (Fsp3) is 0.714. The lowest BCUT2D eigenvalue weighted by molar-refractivity contribution is 0.0114. The van der Waals surface area contributed by atoms with Crippen LogP contribution in [0.2, 0.25) is 0 Å². The summed E-state index contributed by atoms with van der Waals surface area (Å²) in [6.07, 6.45) is 4.07. The molecular formula is C14H21BrN4O2. The Balaban J connectivity index is 1.60. The van der Waals surface area contributed by atoms with Crippen molar-refractivity contribution >= 4 is 21.9 Å². The molecule has 0 bridgehead atoms. The van der Waals surface area contributed by atoms with Crippen LogP contribution in [0.1, 0.15) is 12.8 Å². The minimum atomic E-state index is 0.593. The van der Waals surface area contributed by atoms with Crippen molar-refractivity contribution in [2.24, 2.45) is 0 Å². The number of morpholine rings is 1. The van der Waals surface area contributed by atoms with Crippen LogP contribution in [0, 0.1) is 0 Å². The molecule has 3 rings (SSSR count). The highest BCUT2D eigenvalue weighted by Crippen LogP contribution is 2.26. The molecule has 0 spiro atoms. The van der Waals surface area contributed by atoms with E-state index in [9.17, 15) is 0 Å². The van der Waals surface area contributed by atoms with E-state index in [1.165, 1.54) is 0 Å². The van der Waals surface area contributed by atoms with Gasteiger partial charge in [-0.05, 0) is 28.8 Å². The Bertz CT molecular complexity index is 474. The zero-order valence-electron chi connectivity index (χ0n) is 12.3. The first-order valence-electron chi connectivity index (χ1n) is 7.41. The average Bonchev–Trinajstić information content (AvgIpc) is 2.56. The molecule has 0 aliphatic carbocycles. The van der Waals surface area contributed by atoms with Gasteiger partial charge < -0.3 is 14.4 Å². The smallest absolute Gasteiger partial charge is 0.232 e. The van der Waals surface area contributed by atoms with Gasteiger partial charge >= 0.3 is 0 Å². The van der Waals surface area contributed by atoms with Gasteiger partial charge in [-0.25, -0.2) is 4.98 Å². The van der Waals surface area contributed by atoms with Gasteiger partial charge in [0.05, 0.1) is 31.0 Å². The highest BCUT2D eigenvalue weighted by Gasteiger charge is 2.27. The molecule has 0 atom stereocenters. The Morgan fingerprint density at radius 1 is 1.24 bits per heavy atom. The molecule has 1 aromatic rings. The Hall–Kier alpha value is -0.920. The SMILES string of the molecule is COc1nc(N2CCC(N3CCOCC3)CC2)ncc1Br. The number of ether oxygens (including phenoxy) is 2. The summed E-state index contributed by atoms with van der Waals surface area (Å²) < 4.78 is 11.5. The normalized spacial score (nSPS) is 21.5. The molecule has 21 heavy (non-hydrogen) atoms. The van der Waals surface area contributed by atoms with Gasteiger partial charge in [-0.1, -0.05) is 0 Å². The molecule has 0 amide bonds. The molecule has 3 heterocycles. The van der Waals surface area contributed by atoms with Crippen molar-refractivity contribution in [1.82, 2.24) is 14.9 Å². The van der Waals surface area contributed by atoms with Crippen LogP contribution in [0.4, 0.5) is 5.95 Å². The summed E-state index contributed by atoms with van der Waals surface area (Å²) in [4.78, 5) is 13.7. The van der Waals surface area contributed by atoms with E-state index in [1.54, 1.807) is 13.3 Å². The van der Waals surface area contributed by atoms with Crippen molar-refractivity contribution in [1.29, 1.82) is 0 Å². The molecule has 1 aromatic heterocycles. The fourth-order valence-electron chi connectivity index (χ4n) is 3.01. The maximum atomic E-state index is 5.43. The summed E-state index contributed by atoms with van der Waals surface area (Å²) >= 11 is 3.39. The van der Waals surface area contributed by atoms with Gasteiger partial charge in [-0.2, -0.15) is 4.98 Å². The lowest BCUT2D eigenvalue weighted by atomic mass is 10.0. The van der Waals surface area contributed by atoms with Gasteiger partial charge in [-0.15, -0.1) is 0 Å².